The van der Waals surface area contributed by atoms with Crippen molar-refractivity contribution in [3.05, 3.63) is 21.7 Å². The number of nitrogens with zero attached hydrogens (tertiary/aromatic N) is 1. The molecule has 0 aliphatic heterocycles. The molecule has 4 heteroatoms. The lowest BCUT2D eigenvalue weighted by Crippen LogP contribution is -2.08. The van der Waals surface area contributed by atoms with Gasteiger partial charge in [-0.3, -0.25) is 0 Å². The van der Waals surface area contributed by atoms with Crippen molar-refractivity contribution in [2.24, 2.45) is 0 Å². The normalized spacial score (nSPS) is 14.4. The van der Waals surface area contributed by atoms with Crippen LogP contribution < -0.4 is 0 Å². The van der Waals surface area contributed by atoms with Gasteiger partial charge in [-0.2, -0.15) is 0 Å². The largest absolute Gasteiger partial charge is 0.389 e. The van der Waals surface area contributed by atoms with E-state index in [0.29, 0.717) is 0 Å². The predicted octanol–water partition coefficient (Wildman–Crippen LogP) is 3.04. The Kier molecular flexibility index (Phi) is 5.05. The Balaban J connectivity index is 2.67. The molecule has 0 radical (unpaired) electrons. The molecule has 1 aromatic rings. The molecule has 0 aliphatic carbocycles. The van der Waals surface area contributed by atoms with E-state index in [1.807, 2.05) is 25.3 Å². The van der Waals surface area contributed by atoms with Crippen LogP contribution in [0.15, 0.2) is 11.0 Å². The van der Waals surface area contributed by atoms with E-state index in [9.17, 15) is 5.11 Å². The van der Waals surface area contributed by atoms with Crippen LogP contribution in [-0.4, -0.2) is 20.6 Å². The van der Waals surface area contributed by atoms with Crippen molar-refractivity contribution in [1.29, 1.82) is 0 Å². The minimum atomic E-state index is -0.325. The predicted molar refractivity (Wildman–Crippen MR) is 70.0 cm³/mol. The van der Waals surface area contributed by atoms with E-state index in [4.69, 9.17) is 0 Å². The van der Waals surface area contributed by atoms with Crippen molar-refractivity contribution < 1.29 is 5.11 Å². The zero-order chi connectivity index (χ0) is 10.6. The lowest BCUT2D eigenvalue weighted by atomic mass is 10.1. The molecule has 0 spiro atoms. The molecule has 1 atom stereocenters. The summed E-state index contributed by atoms with van der Waals surface area (Å²) in [5.74, 6) is 0. The summed E-state index contributed by atoms with van der Waals surface area (Å²) in [7, 11) is 0. The van der Waals surface area contributed by atoms with Gasteiger partial charge in [0.05, 0.1) is 16.8 Å². The third-order valence-corrected chi connectivity index (χ3v) is 3.34. The number of thiazole rings is 1. The highest BCUT2D eigenvalue weighted by atomic mass is 127. The number of alkyl halides is 1. The number of halogens is 1. The maximum Gasteiger partial charge on any atom is 0.0901 e. The van der Waals surface area contributed by atoms with Gasteiger partial charge >= 0.3 is 0 Å². The molecule has 14 heavy (non-hydrogen) atoms. The van der Waals surface area contributed by atoms with Crippen molar-refractivity contribution in [1.82, 2.24) is 4.98 Å². The fraction of sp³-hybridized carbons (Fsp3) is 0.500. The van der Waals surface area contributed by atoms with Crippen LogP contribution in [0.5, 0.6) is 0 Å². The van der Waals surface area contributed by atoms with Gasteiger partial charge in [-0.05, 0) is 31.9 Å². The Bertz CT molecular complexity index is 322. The molecule has 0 amide bonds. The van der Waals surface area contributed by atoms with Crippen molar-refractivity contribution in [2.75, 3.05) is 4.43 Å². The summed E-state index contributed by atoms with van der Waals surface area (Å²) >= 11 is 3.90. The van der Waals surface area contributed by atoms with Crippen molar-refractivity contribution >= 4 is 40.0 Å². The van der Waals surface area contributed by atoms with Gasteiger partial charge in [-0.1, -0.05) is 22.6 Å². The Labute approximate surface area is 102 Å². The quantitative estimate of drug-likeness (QED) is 0.682. The first-order chi connectivity index (χ1) is 6.63. The summed E-state index contributed by atoms with van der Waals surface area (Å²) in [6, 6.07) is 0. The summed E-state index contributed by atoms with van der Waals surface area (Å²) in [5, 5.41) is 12.8. The molecule has 2 nitrogen and oxygen atoms in total. The minimum absolute atomic E-state index is 0.325. The van der Waals surface area contributed by atoms with Gasteiger partial charge in [0.15, 0.2) is 0 Å². The van der Waals surface area contributed by atoms with E-state index in [0.717, 1.165) is 27.1 Å². The second-order valence-electron chi connectivity index (χ2n) is 3.17. The number of aryl methyl sites for hydroxylation is 1. The van der Waals surface area contributed by atoms with Crippen molar-refractivity contribution in [2.45, 2.75) is 26.4 Å². The molecule has 1 rings (SSSR count). The summed E-state index contributed by atoms with van der Waals surface area (Å²) in [5.41, 5.74) is 1.95. The zero-order valence-corrected chi connectivity index (χ0v) is 11.3. The van der Waals surface area contributed by atoms with E-state index in [1.165, 1.54) is 0 Å². The molecule has 1 heterocycles. The number of aromatic nitrogens is 1. The molecule has 1 N–H and O–H groups in total. The molecule has 78 valence electrons. The Hall–Kier alpha value is 0.0600. The van der Waals surface area contributed by atoms with Crippen LogP contribution in [0.25, 0.3) is 6.08 Å². The summed E-state index contributed by atoms with van der Waals surface area (Å²) in [4.78, 5) is 4.32. The number of rotatable bonds is 4. The van der Waals surface area contributed by atoms with Gasteiger partial charge < -0.3 is 5.11 Å². The Morgan fingerprint density at radius 3 is 3.00 bits per heavy atom. The van der Waals surface area contributed by atoms with Crippen LogP contribution in [0, 0.1) is 6.92 Å². The van der Waals surface area contributed by atoms with E-state index in [2.05, 4.69) is 27.6 Å². The lowest BCUT2D eigenvalue weighted by molar-refractivity contribution is 0.210. The van der Waals surface area contributed by atoms with Crippen molar-refractivity contribution in [3.63, 3.8) is 0 Å². The fourth-order valence-electron chi connectivity index (χ4n) is 1.11. The number of aliphatic hydroxyl groups is 1. The van der Waals surface area contributed by atoms with Crippen LogP contribution in [0.4, 0.5) is 0 Å². The van der Waals surface area contributed by atoms with Gasteiger partial charge in [0.2, 0.25) is 0 Å². The third kappa shape index (κ3) is 3.67. The molecular weight excluding hydrogens is 309 g/mol. The van der Waals surface area contributed by atoms with E-state index >= 15 is 0 Å². The smallest absolute Gasteiger partial charge is 0.0901 e. The average molecular weight is 323 g/mol. The minimum Gasteiger partial charge on any atom is -0.389 e. The van der Waals surface area contributed by atoms with E-state index in [1.54, 1.807) is 11.3 Å². The van der Waals surface area contributed by atoms with Gasteiger partial charge in [0.1, 0.15) is 0 Å². The van der Waals surface area contributed by atoms with Crippen LogP contribution in [-0.2, 0) is 0 Å². The van der Waals surface area contributed by atoms with Crippen LogP contribution in [0.1, 0.15) is 24.0 Å². The molecular formula is C10H14INOS. The first kappa shape index (κ1) is 12.1. The van der Waals surface area contributed by atoms with Gasteiger partial charge in [-0.25, -0.2) is 4.98 Å². The first-order valence-corrected chi connectivity index (χ1v) is 6.88. The molecule has 0 saturated carbocycles. The number of hydrogen-bond acceptors (Lipinski definition) is 3. The zero-order valence-electron chi connectivity index (χ0n) is 8.33. The molecule has 0 aromatic carbocycles. The van der Waals surface area contributed by atoms with Crippen LogP contribution >= 0.6 is 33.9 Å². The topological polar surface area (TPSA) is 33.1 Å². The molecule has 0 bridgehead atoms. The standard InChI is InChI=1S/C10H14INOS/c1-7(10(13)3-4-11)5-9-6-14-8(2)12-9/h5-6,10,13H,3-4H2,1-2H3/b7-5+/t10-/m0/s1. The number of aliphatic hydroxyl groups excluding tert-OH is 1. The monoisotopic (exact) mass is 323 g/mol. The maximum absolute atomic E-state index is 9.69. The second-order valence-corrected chi connectivity index (χ2v) is 5.31. The Morgan fingerprint density at radius 1 is 1.79 bits per heavy atom. The molecule has 0 saturated heterocycles. The molecule has 0 aliphatic rings. The number of hydrogen-bond donors (Lipinski definition) is 1. The maximum atomic E-state index is 9.69. The lowest BCUT2D eigenvalue weighted by Gasteiger charge is -2.08. The Morgan fingerprint density at radius 2 is 2.50 bits per heavy atom. The highest BCUT2D eigenvalue weighted by Crippen LogP contribution is 2.15. The third-order valence-electron chi connectivity index (χ3n) is 1.92. The van der Waals surface area contributed by atoms with E-state index < -0.39 is 0 Å². The van der Waals surface area contributed by atoms with E-state index in [-0.39, 0.29) is 6.10 Å². The first-order valence-electron chi connectivity index (χ1n) is 4.48. The van der Waals surface area contributed by atoms with Gasteiger partial charge in [0, 0.05) is 9.81 Å². The summed E-state index contributed by atoms with van der Waals surface area (Å²) < 4.78 is 0.972. The highest BCUT2D eigenvalue weighted by molar-refractivity contribution is 14.1. The molecule has 0 unspecified atom stereocenters. The summed E-state index contributed by atoms with van der Waals surface area (Å²) in [6.07, 6.45) is 2.45. The van der Waals surface area contributed by atoms with Gasteiger partial charge in [-0.15, -0.1) is 11.3 Å². The highest BCUT2D eigenvalue weighted by Gasteiger charge is 2.05. The van der Waals surface area contributed by atoms with Crippen LogP contribution in [0.3, 0.4) is 0 Å². The summed E-state index contributed by atoms with van der Waals surface area (Å²) in [6.45, 7) is 3.93. The average Bonchev–Trinajstić information content (AvgIpc) is 2.51. The van der Waals surface area contributed by atoms with Gasteiger partial charge in [0.25, 0.3) is 0 Å². The van der Waals surface area contributed by atoms with Crippen LogP contribution in [0.2, 0.25) is 0 Å². The SMILES string of the molecule is C/C(=C\c1csc(C)n1)[C@@H](O)CCI. The molecule has 1 aromatic heterocycles. The van der Waals surface area contributed by atoms with Crippen molar-refractivity contribution in [3.8, 4) is 0 Å². The molecule has 0 fully saturated rings. The second kappa shape index (κ2) is 5.82. The fourth-order valence-corrected chi connectivity index (χ4v) is 2.27.